The highest BCUT2D eigenvalue weighted by molar-refractivity contribution is 5.75. The van der Waals surface area contributed by atoms with Gasteiger partial charge in [-0.25, -0.2) is 4.79 Å². The van der Waals surface area contributed by atoms with Crippen molar-refractivity contribution in [3.05, 3.63) is 48.2 Å². The average molecular weight is 243 g/mol. The molecule has 0 unspecified atom stereocenters. The van der Waals surface area contributed by atoms with E-state index in [4.69, 9.17) is 4.74 Å². The molecule has 0 radical (unpaired) electrons. The Hall–Kier alpha value is -2.03. The number of hydrogen-bond donors (Lipinski definition) is 0. The van der Waals surface area contributed by atoms with Gasteiger partial charge < -0.3 is 9.30 Å². The summed E-state index contributed by atoms with van der Waals surface area (Å²) in [6.07, 6.45) is 1.98. The molecule has 2 aromatic rings. The fraction of sp³-hybridized carbons (Fsp3) is 0.267. The van der Waals surface area contributed by atoms with Gasteiger partial charge in [-0.2, -0.15) is 0 Å². The van der Waals surface area contributed by atoms with E-state index in [1.54, 1.807) is 0 Å². The van der Waals surface area contributed by atoms with Crippen molar-refractivity contribution in [1.29, 1.82) is 0 Å². The number of aromatic nitrogens is 1. The molecule has 1 heterocycles. The highest BCUT2D eigenvalue weighted by atomic mass is 16.5. The predicted octanol–water partition coefficient (Wildman–Crippen LogP) is 3.20. The number of aryl methyl sites for hydroxylation is 1. The van der Waals surface area contributed by atoms with E-state index in [-0.39, 0.29) is 12.0 Å². The lowest BCUT2D eigenvalue weighted by molar-refractivity contribution is -0.143. The molecule has 94 valence electrons. The average Bonchev–Trinajstić information content (AvgIpc) is 2.80. The van der Waals surface area contributed by atoms with Crippen molar-refractivity contribution in [2.24, 2.45) is 0 Å². The summed E-state index contributed by atoms with van der Waals surface area (Å²) in [5.74, 6) is -0.234. The number of benzene rings is 1. The van der Waals surface area contributed by atoms with E-state index in [1.807, 2.05) is 54.9 Å². The number of nitrogens with zero attached hydrogens (tertiary/aromatic N) is 1. The minimum atomic E-state index is -0.320. The number of methoxy groups -OCH3 is 1. The molecule has 0 aliphatic rings. The monoisotopic (exact) mass is 243 g/mol. The first-order valence-electron chi connectivity index (χ1n) is 5.95. The fourth-order valence-corrected chi connectivity index (χ4v) is 2.06. The molecule has 0 amide bonds. The number of carbonyl (C=O) groups is 1. The van der Waals surface area contributed by atoms with Crippen LogP contribution in [0.2, 0.25) is 0 Å². The lowest BCUT2D eigenvalue weighted by Crippen LogP contribution is -2.17. The van der Waals surface area contributed by atoms with Gasteiger partial charge in [-0.1, -0.05) is 30.3 Å². The highest BCUT2D eigenvalue weighted by Gasteiger charge is 2.18. The van der Waals surface area contributed by atoms with Crippen LogP contribution in [-0.2, 0) is 9.53 Å². The number of hydrogen-bond acceptors (Lipinski definition) is 2. The molecule has 0 fully saturated rings. The third-order valence-electron chi connectivity index (χ3n) is 3.01. The summed E-state index contributed by atoms with van der Waals surface area (Å²) in [5.41, 5.74) is 3.26. The van der Waals surface area contributed by atoms with Crippen LogP contribution in [0.3, 0.4) is 0 Å². The SMILES string of the molecule is COC(=O)[C@H](C)n1cc(C)cc1-c1ccccc1. The number of esters is 1. The van der Waals surface area contributed by atoms with E-state index in [0.29, 0.717) is 0 Å². The molecule has 0 spiro atoms. The number of carbonyl (C=O) groups excluding carboxylic acids is 1. The summed E-state index contributed by atoms with van der Waals surface area (Å²) >= 11 is 0. The van der Waals surface area contributed by atoms with Crippen molar-refractivity contribution in [1.82, 2.24) is 4.57 Å². The van der Waals surface area contributed by atoms with Crippen LogP contribution in [0.15, 0.2) is 42.6 Å². The van der Waals surface area contributed by atoms with Gasteiger partial charge in [0, 0.05) is 11.9 Å². The third kappa shape index (κ3) is 2.30. The zero-order valence-corrected chi connectivity index (χ0v) is 10.9. The molecular formula is C15H17NO2. The van der Waals surface area contributed by atoms with Crippen molar-refractivity contribution >= 4 is 5.97 Å². The molecule has 0 saturated heterocycles. The van der Waals surface area contributed by atoms with Gasteiger partial charge in [-0.15, -0.1) is 0 Å². The normalized spacial score (nSPS) is 12.2. The van der Waals surface area contributed by atoms with E-state index in [9.17, 15) is 4.79 Å². The molecule has 0 saturated carbocycles. The maximum Gasteiger partial charge on any atom is 0.328 e. The van der Waals surface area contributed by atoms with E-state index in [1.165, 1.54) is 7.11 Å². The van der Waals surface area contributed by atoms with Crippen molar-refractivity contribution in [3.63, 3.8) is 0 Å². The van der Waals surface area contributed by atoms with Crippen LogP contribution in [0.1, 0.15) is 18.5 Å². The first kappa shape index (κ1) is 12.4. The van der Waals surface area contributed by atoms with Gasteiger partial charge >= 0.3 is 5.97 Å². The maximum absolute atomic E-state index is 11.7. The van der Waals surface area contributed by atoms with Gasteiger partial charge in [-0.3, -0.25) is 0 Å². The predicted molar refractivity (Wildman–Crippen MR) is 71.3 cm³/mol. The summed E-state index contributed by atoms with van der Waals surface area (Å²) in [4.78, 5) is 11.7. The third-order valence-corrected chi connectivity index (χ3v) is 3.01. The molecule has 3 heteroatoms. The van der Waals surface area contributed by atoms with Gasteiger partial charge in [0.2, 0.25) is 0 Å². The molecule has 0 bridgehead atoms. The number of ether oxygens (including phenoxy) is 1. The van der Waals surface area contributed by atoms with Crippen LogP contribution in [-0.4, -0.2) is 17.6 Å². The van der Waals surface area contributed by atoms with Crippen LogP contribution in [0.25, 0.3) is 11.3 Å². The van der Waals surface area contributed by atoms with Crippen LogP contribution in [0.5, 0.6) is 0 Å². The smallest absolute Gasteiger partial charge is 0.328 e. The Morgan fingerprint density at radius 1 is 1.28 bits per heavy atom. The van der Waals surface area contributed by atoms with Crippen LogP contribution in [0.4, 0.5) is 0 Å². The Labute approximate surface area is 107 Å². The van der Waals surface area contributed by atoms with Crippen LogP contribution < -0.4 is 0 Å². The van der Waals surface area contributed by atoms with Gasteiger partial charge in [0.05, 0.1) is 7.11 Å². The molecule has 18 heavy (non-hydrogen) atoms. The second-order valence-electron chi connectivity index (χ2n) is 4.38. The fourth-order valence-electron chi connectivity index (χ4n) is 2.06. The van der Waals surface area contributed by atoms with Crippen molar-refractivity contribution in [3.8, 4) is 11.3 Å². The quantitative estimate of drug-likeness (QED) is 0.775. The highest BCUT2D eigenvalue weighted by Crippen LogP contribution is 2.25. The molecular weight excluding hydrogens is 226 g/mol. The lowest BCUT2D eigenvalue weighted by Gasteiger charge is -2.15. The molecule has 1 aromatic heterocycles. The van der Waals surface area contributed by atoms with Crippen LogP contribution >= 0.6 is 0 Å². The zero-order chi connectivity index (χ0) is 13.1. The summed E-state index contributed by atoms with van der Waals surface area (Å²) < 4.78 is 6.76. The topological polar surface area (TPSA) is 31.2 Å². The molecule has 2 rings (SSSR count). The first-order valence-corrected chi connectivity index (χ1v) is 5.95. The minimum absolute atomic E-state index is 0.234. The second kappa shape index (κ2) is 5.08. The molecule has 1 aromatic carbocycles. The summed E-state index contributed by atoms with van der Waals surface area (Å²) in [6, 6.07) is 11.8. The molecule has 0 aliphatic carbocycles. The first-order chi connectivity index (χ1) is 8.63. The number of rotatable bonds is 3. The zero-order valence-electron chi connectivity index (χ0n) is 10.9. The maximum atomic E-state index is 11.7. The Bertz CT molecular complexity index is 543. The molecule has 3 nitrogen and oxygen atoms in total. The summed E-state index contributed by atoms with van der Waals surface area (Å²) in [7, 11) is 1.41. The van der Waals surface area contributed by atoms with Crippen molar-refractivity contribution < 1.29 is 9.53 Å². The summed E-state index contributed by atoms with van der Waals surface area (Å²) in [6.45, 7) is 3.87. The van der Waals surface area contributed by atoms with Gasteiger partial charge in [0.1, 0.15) is 6.04 Å². The van der Waals surface area contributed by atoms with Crippen molar-refractivity contribution in [2.45, 2.75) is 19.9 Å². The van der Waals surface area contributed by atoms with Gasteiger partial charge in [0.25, 0.3) is 0 Å². The Morgan fingerprint density at radius 2 is 1.94 bits per heavy atom. The molecule has 0 N–H and O–H groups in total. The second-order valence-corrected chi connectivity index (χ2v) is 4.38. The van der Waals surface area contributed by atoms with E-state index < -0.39 is 0 Å². The standard InChI is InChI=1S/C15H17NO2/c1-11-9-14(13-7-5-4-6-8-13)16(10-11)12(2)15(17)18-3/h4-10,12H,1-3H3/t12-/m0/s1. The van der Waals surface area contributed by atoms with E-state index in [0.717, 1.165) is 16.8 Å². The van der Waals surface area contributed by atoms with E-state index in [2.05, 4.69) is 6.07 Å². The Kier molecular flexibility index (Phi) is 3.51. The lowest BCUT2D eigenvalue weighted by atomic mass is 10.1. The van der Waals surface area contributed by atoms with Gasteiger partial charge in [-0.05, 0) is 31.0 Å². The summed E-state index contributed by atoms with van der Waals surface area (Å²) in [5, 5.41) is 0. The molecule has 0 aliphatic heterocycles. The van der Waals surface area contributed by atoms with Crippen molar-refractivity contribution in [2.75, 3.05) is 7.11 Å². The molecule has 1 atom stereocenters. The Morgan fingerprint density at radius 3 is 2.56 bits per heavy atom. The van der Waals surface area contributed by atoms with E-state index >= 15 is 0 Å². The van der Waals surface area contributed by atoms with Crippen LogP contribution in [0, 0.1) is 6.92 Å². The Balaban J connectivity index is 2.46. The van der Waals surface area contributed by atoms with Gasteiger partial charge in [0.15, 0.2) is 0 Å². The minimum Gasteiger partial charge on any atom is -0.467 e. The largest absolute Gasteiger partial charge is 0.467 e.